The van der Waals surface area contributed by atoms with Gasteiger partial charge in [0.25, 0.3) is 0 Å². The second kappa shape index (κ2) is 8.21. The lowest BCUT2D eigenvalue weighted by molar-refractivity contribution is 0.295. The topological polar surface area (TPSA) is 95.2 Å². The van der Waals surface area contributed by atoms with E-state index in [1.807, 2.05) is 13.0 Å². The van der Waals surface area contributed by atoms with E-state index in [9.17, 15) is 0 Å². The van der Waals surface area contributed by atoms with Crippen molar-refractivity contribution in [1.29, 1.82) is 0 Å². The number of hydrogen-bond donors (Lipinski definition) is 2. The van der Waals surface area contributed by atoms with Crippen molar-refractivity contribution in [2.24, 2.45) is 21.7 Å². The van der Waals surface area contributed by atoms with Gasteiger partial charge in [0.05, 0.1) is 17.3 Å². The van der Waals surface area contributed by atoms with Gasteiger partial charge in [0.15, 0.2) is 11.5 Å². The summed E-state index contributed by atoms with van der Waals surface area (Å²) >= 11 is 3.43. The lowest BCUT2D eigenvalue weighted by atomic mass is 10.2. The van der Waals surface area contributed by atoms with Crippen molar-refractivity contribution in [2.45, 2.75) is 6.92 Å². The molecule has 0 fully saturated rings. The maximum Gasteiger partial charge on any atom is 0.211 e. The smallest absolute Gasteiger partial charge is 0.211 e. The van der Waals surface area contributed by atoms with Crippen molar-refractivity contribution in [3.63, 3.8) is 0 Å². The van der Waals surface area contributed by atoms with E-state index in [2.05, 4.69) is 32.7 Å². The Balaban J connectivity index is 3.08. The van der Waals surface area contributed by atoms with Gasteiger partial charge in [-0.25, -0.2) is 0 Å². The monoisotopic (exact) mass is 340 g/mol. The van der Waals surface area contributed by atoms with Gasteiger partial charge in [0.2, 0.25) is 5.96 Å². The van der Waals surface area contributed by atoms with E-state index in [0.29, 0.717) is 24.7 Å². The molecule has 1 aromatic carbocycles. The molecule has 0 heterocycles. The zero-order valence-electron chi connectivity index (χ0n) is 11.2. The van der Waals surface area contributed by atoms with Crippen molar-refractivity contribution < 1.29 is 9.47 Å². The second-order valence-electron chi connectivity index (χ2n) is 3.63. The van der Waals surface area contributed by atoms with Crippen LogP contribution in [0.4, 0.5) is 0 Å². The highest BCUT2D eigenvalue weighted by Crippen LogP contribution is 2.36. The summed E-state index contributed by atoms with van der Waals surface area (Å²) in [7, 11) is 0. The van der Waals surface area contributed by atoms with Gasteiger partial charge in [-0.15, -0.1) is 5.10 Å². The van der Waals surface area contributed by atoms with E-state index in [-0.39, 0.29) is 5.96 Å². The zero-order valence-corrected chi connectivity index (χ0v) is 12.8. The molecular weight excluding hydrogens is 324 g/mol. The fraction of sp³-hybridized carbons (Fsp3) is 0.231. The number of rotatable bonds is 7. The van der Waals surface area contributed by atoms with Crippen LogP contribution in [0.25, 0.3) is 0 Å². The summed E-state index contributed by atoms with van der Waals surface area (Å²) in [5.74, 6) is 1.12. The van der Waals surface area contributed by atoms with Gasteiger partial charge in [-0.2, -0.15) is 5.10 Å². The first-order valence-corrected chi connectivity index (χ1v) is 6.69. The molecule has 0 amide bonds. The number of benzene rings is 1. The molecule has 0 radical (unpaired) electrons. The normalized spacial score (nSPS) is 10.3. The molecule has 20 heavy (non-hydrogen) atoms. The van der Waals surface area contributed by atoms with Crippen molar-refractivity contribution in [3.05, 3.63) is 34.8 Å². The van der Waals surface area contributed by atoms with Gasteiger partial charge >= 0.3 is 0 Å². The Labute approximate surface area is 126 Å². The Morgan fingerprint density at radius 3 is 2.75 bits per heavy atom. The summed E-state index contributed by atoms with van der Waals surface area (Å²) in [5.41, 5.74) is 11.2. The van der Waals surface area contributed by atoms with Crippen LogP contribution in [0.2, 0.25) is 0 Å². The summed E-state index contributed by atoms with van der Waals surface area (Å²) in [6.07, 6.45) is 3.18. The van der Waals surface area contributed by atoms with Gasteiger partial charge in [0.1, 0.15) is 6.61 Å². The molecule has 0 saturated carbocycles. The third kappa shape index (κ3) is 4.93. The molecule has 0 unspecified atom stereocenters. The fourth-order valence-electron chi connectivity index (χ4n) is 1.37. The average Bonchev–Trinajstić information content (AvgIpc) is 2.38. The summed E-state index contributed by atoms with van der Waals surface area (Å²) in [6.45, 7) is 6.42. The minimum Gasteiger partial charge on any atom is -0.490 e. The van der Waals surface area contributed by atoms with Crippen LogP contribution < -0.4 is 20.9 Å². The van der Waals surface area contributed by atoms with Crippen molar-refractivity contribution in [2.75, 3.05) is 13.2 Å². The first kappa shape index (κ1) is 16.0. The molecule has 7 heteroatoms. The maximum absolute atomic E-state index is 5.57. The third-order valence-electron chi connectivity index (χ3n) is 2.06. The van der Waals surface area contributed by atoms with Crippen molar-refractivity contribution in [3.8, 4) is 11.5 Å². The molecule has 0 saturated heterocycles. The van der Waals surface area contributed by atoms with Crippen LogP contribution >= 0.6 is 15.9 Å². The van der Waals surface area contributed by atoms with Crippen LogP contribution in [0.5, 0.6) is 11.5 Å². The molecule has 4 N–H and O–H groups in total. The first-order valence-electron chi connectivity index (χ1n) is 5.90. The largest absolute Gasteiger partial charge is 0.490 e. The van der Waals surface area contributed by atoms with Gasteiger partial charge < -0.3 is 20.9 Å². The zero-order chi connectivity index (χ0) is 15.0. The predicted octanol–water partition coefficient (Wildman–Crippen LogP) is 2.02. The van der Waals surface area contributed by atoms with Crippen LogP contribution in [0, 0.1) is 0 Å². The molecule has 108 valence electrons. The van der Waals surface area contributed by atoms with E-state index in [1.165, 1.54) is 6.21 Å². The summed E-state index contributed by atoms with van der Waals surface area (Å²) in [5, 5.41) is 7.29. The van der Waals surface area contributed by atoms with Crippen molar-refractivity contribution in [1.82, 2.24) is 0 Å². The van der Waals surface area contributed by atoms with E-state index >= 15 is 0 Å². The minimum atomic E-state index is -0.101. The lowest BCUT2D eigenvalue weighted by Gasteiger charge is -2.13. The molecule has 0 aliphatic carbocycles. The molecule has 0 aliphatic rings. The van der Waals surface area contributed by atoms with Crippen LogP contribution in [-0.2, 0) is 0 Å². The van der Waals surface area contributed by atoms with Crippen LogP contribution in [-0.4, -0.2) is 25.4 Å². The molecule has 0 aliphatic heterocycles. The highest BCUT2D eigenvalue weighted by molar-refractivity contribution is 9.10. The third-order valence-corrected chi connectivity index (χ3v) is 2.65. The van der Waals surface area contributed by atoms with Gasteiger partial charge in [-0.1, -0.05) is 12.7 Å². The van der Waals surface area contributed by atoms with Gasteiger partial charge in [-0.3, -0.25) is 0 Å². The maximum atomic E-state index is 5.57. The molecule has 1 aromatic rings. The fourth-order valence-corrected chi connectivity index (χ4v) is 1.94. The Morgan fingerprint density at radius 2 is 2.15 bits per heavy atom. The van der Waals surface area contributed by atoms with E-state index in [0.717, 1.165) is 10.0 Å². The predicted molar refractivity (Wildman–Crippen MR) is 84.4 cm³/mol. The minimum absolute atomic E-state index is 0.101. The molecule has 0 atom stereocenters. The Kier molecular flexibility index (Phi) is 6.58. The Hall–Kier alpha value is -2.02. The van der Waals surface area contributed by atoms with Crippen LogP contribution in [0.1, 0.15) is 12.5 Å². The Morgan fingerprint density at radius 1 is 1.40 bits per heavy atom. The van der Waals surface area contributed by atoms with Crippen molar-refractivity contribution >= 4 is 28.1 Å². The van der Waals surface area contributed by atoms with Crippen LogP contribution in [0.15, 0.2) is 39.5 Å². The van der Waals surface area contributed by atoms with E-state index in [1.54, 1.807) is 12.1 Å². The van der Waals surface area contributed by atoms with E-state index in [4.69, 9.17) is 20.9 Å². The molecule has 0 aromatic heterocycles. The highest BCUT2D eigenvalue weighted by atomic mass is 79.9. The molecular formula is C13H17BrN4O2. The summed E-state index contributed by atoms with van der Waals surface area (Å²) in [4.78, 5) is 0. The number of hydrogen-bond acceptors (Lipinski definition) is 4. The molecule has 0 bridgehead atoms. The van der Waals surface area contributed by atoms with Gasteiger partial charge in [0, 0.05) is 0 Å². The Bertz CT molecular complexity index is 525. The molecule has 0 spiro atoms. The molecule has 6 nitrogen and oxygen atoms in total. The van der Waals surface area contributed by atoms with E-state index < -0.39 is 0 Å². The standard InChI is InChI=1S/C13H17BrN4O2/c1-3-5-20-12-10(14)6-9(7-11(12)19-4-2)8-17-18-13(15)16/h3,6-8H,1,4-5H2,2H3,(H4,15,16,18)/b17-8-. The highest BCUT2D eigenvalue weighted by Gasteiger charge is 2.11. The number of guanidine groups is 1. The SMILES string of the molecule is C=CCOc1c(Br)cc(/C=N\N=C(N)N)cc1OCC. The number of nitrogens with two attached hydrogens (primary N) is 2. The quantitative estimate of drug-likeness (QED) is 0.343. The number of halogens is 1. The lowest BCUT2D eigenvalue weighted by Crippen LogP contribution is -2.21. The van der Waals surface area contributed by atoms with Gasteiger partial charge in [-0.05, 0) is 40.5 Å². The first-order chi connectivity index (χ1) is 9.58. The summed E-state index contributed by atoms with van der Waals surface area (Å²) < 4.78 is 11.9. The average molecular weight is 341 g/mol. The molecule has 1 rings (SSSR count). The number of nitrogens with zero attached hydrogens (tertiary/aromatic N) is 2. The number of ether oxygens (including phenoxy) is 2. The second-order valence-corrected chi connectivity index (χ2v) is 4.49. The summed E-state index contributed by atoms with van der Waals surface area (Å²) in [6, 6.07) is 3.62. The van der Waals surface area contributed by atoms with Crippen LogP contribution in [0.3, 0.4) is 0 Å².